The summed E-state index contributed by atoms with van der Waals surface area (Å²) in [6, 6.07) is 8.48. The van der Waals surface area contributed by atoms with Gasteiger partial charge in [0, 0.05) is 30.6 Å². The van der Waals surface area contributed by atoms with Crippen molar-refractivity contribution in [1.82, 2.24) is 4.90 Å². The molecule has 1 aromatic carbocycles. The zero-order valence-corrected chi connectivity index (χ0v) is 16.6. The SMILES string of the molecule is COCC(c1ccc(Br)cc1)C1CCN(C(=O)OC(C)(C)C)CC1. The number of piperidine rings is 1. The Hall–Kier alpha value is -1.07. The maximum atomic E-state index is 12.2. The fraction of sp³-hybridized carbons (Fsp3) is 0.632. The highest BCUT2D eigenvalue weighted by Gasteiger charge is 2.31. The molecule has 2 rings (SSSR count). The van der Waals surface area contributed by atoms with Crippen molar-refractivity contribution in [2.24, 2.45) is 5.92 Å². The summed E-state index contributed by atoms with van der Waals surface area (Å²) in [4.78, 5) is 14.0. The lowest BCUT2D eigenvalue weighted by atomic mass is 9.80. The third kappa shape index (κ3) is 5.49. The molecule has 0 saturated carbocycles. The van der Waals surface area contributed by atoms with Crippen molar-refractivity contribution in [3.63, 3.8) is 0 Å². The quantitative estimate of drug-likeness (QED) is 0.730. The molecule has 1 heterocycles. The van der Waals surface area contributed by atoms with E-state index in [0.29, 0.717) is 18.4 Å². The molecule has 1 atom stereocenters. The molecule has 1 saturated heterocycles. The number of hydrogen-bond acceptors (Lipinski definition) is 3. The first-order chi connectivity index (χ1) is 11.3. The van der Waals surface area contributed by atoms with Crippen LogP contribution in [0.3, 0.4) is 0 Å². The van der Waals surface area contributed by atoms with E-state index in [2.05, 4.69) is 40.2 Å². The van der Waals surface area contributed by atoms with E-state index in [1.165, 1.54) is 5.56 Å². The van der Waals surface area contributed by atoms with Gasteiger partial charge in [-0.05, 0) is 57.2 Å². The monoisotopic (exact) mass is 397 g/mol. The lowest BCUT2D eigenvalue weighted by Gasteiger charge is -2.36. The van der Waals surface area contributed by atoms with E-state index in [0.717, 1.165) is 30.4 Å². The molecule has 1 unspecified atom stereocenters. The normalized spacial score (nSPS) is 17.6. The molecular weight excluding hydrogens is 370 g/mol. The summed E-state index contributed by atoms with van der Waals surface area (Å²) >= 11 is 3.49. The average Bonchev–Trinajstić information content (AvgIpc) is 2.52. The van der Waals surface area contributed by atoms with E-state index in [-0.39, 0.29) is 6.09 Å². The molecule has 0 aromatic heterocycles. The molecule has 0 bridgehead atoms. The van der Waals surface area contributed by atoms with Gasteiger partial charge in [-0.15, -0.1) is 0 Å². The predicted octanol–water partition coefficient (Wildman–Crippen LogP) is 4.83. The maximum absolute atomic E-state index is 12.2. The van der Waals surface area contributed by atoms with Gasteiger partial charge in [0.15, 0.2) is 0 Å². The number of hydrogen-bond donors (Lipinski definition) is 0. The molecule has 1 aromatic rings. The van der Waals surface area contributed by atoms with E-state index in [4.69, 9.17) is 9.47 Å². The molecule has 24 heavy (non-hydrogen) atoms. The second kappa shape index (κ2) is 8.34. The van der Waals surface area contributed by atoms with Crippen LogP contribution in [-0.2, 0) is 9.47 Å². The van der Waals surface area contributed by atoms with Gasteiger partial charge < -0.3 is 14.4 Å². The predicted molar refractivity (Wildman–Crippen MR) is 99.3 cm³/mol. The first kappa shape index (κ1) is 19.3. The van der Waals surface area contributed by atoms with Gasteiger partial charge in [0.2, 0.25) is 0 Å². The first-order valence-corrected chi connectivity index (χ1v) is 9.32. The Labute approximate surface area is 153 Å². The standard InChI is InChI=1S/C19H28BrNO3/c1-19(2,3)24-18(22)21-11-9-15(10-12-21)17(13-23-4)14-5-7-16(20)8-6-14/h5-8,15,17H,9-13H2,1-4H3. The second-order valence-corrected chi connectivity index (χ2v) is 8.33. The first-order valence-electron chi connectivity index (χ1n) is 8.52. The van der Waals surface area contributed by atoms with Gasteiger partial charge in [-0.25, -0.2) is 4.79 Å². The van der Waals surface area contributed by atoms with Gasteiger partial charge in [-0.1, -0.05) is 28.1 Å². The Morgan fingerprint density at radius 2 is 1.83 bits per heavy atom. The Morgan fingerprint density at radius 1 is 1.25 bits per heavy atom. The smallest absolute Gasteiger partial charge is 0.410 e. The number of benzene rings is 1. The third-order valence-corrected chi connectivity index (χ3v) is 4.93. The molecule has 1 aliphatic heterocycles. The van der Waals surface area contributed by atoms with Crippen LogP contribution in [0.25, 0.3) is 0 Å². The van der Waals surface area contributed by atoms with E-state index in [1.54, 1.807) is 7.11 Å². The van der Waals surface area contributed by atoms with Gasteiger partial charge in [0.1, 0.15) is 5.60 Å². The Balaban J connectivity index is 1.98. The van der Waals surface area contributed by atoms with Crippen molar-refractivity contribution in [3.8, 4) is 0 Å². The number of carbonyl (C=O) groups is 1. The molecule has 0 radical (unpaired) electrons. The van der Waals surface area contributed by atoms with E-state index in [9.17, 15) is 4.79 Å². The molecule has 0 N–H and O–H groups in total. The lowest BCUT2D eigenvalue weighted by molar-refractivity contribution is 0.0159. The largest absolute Gasteiger partial charge is 0.444 e. The summed E-state index contributed by atoms with van der Waals surface area (Å²) < 4.78 is 12.0. The topological polar surface area (TPSA) is 38.8 Å². The van der Waals surface area contributed by atoms with Crippen LogP contribution in [0.5, 0.6) is 0 Å². The van der Waals surface area contributed by atoms with E-state index >= 15 is 0 Å². The zero-order valence-electron chi connectivity index (χ0n) is 15.0. The summed E-state index contributed by atoms with van der Waals surface area (Å²) in [5, 5.41) is 0. The van der Waals surface area contributed by atoms with Gasteiger partial charge >= 0.3 is 6.09 Å². The number of halogens is 1. The van der Waals surface area contributed by atoms with Crippen molar-refractivity contribution >= 4 is 22.0 Å². The molecule has 4 nitrogen and oxygen atoms in total. The van der Waals surface area contributed by atoms with Crippen LogP contribution < -0.4 is 0 Å². The van der Waals surface area contributed by atoms with Crippen molar-refractivity contribution in [1.29, 1.82) is 0 Å². The van der Waals surface area contributed by atoms with Crippen molar-refractivity contribution in [3.05, 3.63) is 34.3 Å². The van der Waals surface area contributed by atoms with Crippen molar-refractivity contribution in [2.75, 3.05) is 26.8 Å². The molecule has 1 fully saturated rings. The maximum Gasteiger partial charge on any atom is 0.410 e. The van der Waals surface area contributed by atoms with Crippen LogP contribution in [0.1, 0.15) is 45.1 Å². The van der Waals surface area contributed by atoms with Gasteiger partial charge in [-0.2, -0.15) is 0 Å². The minimum Gasteiger partial charge on any atom is -0.444 e. The van der Waals surface area contributed by atoms with Crippen LogP contribution in [0.2, 0.25) is 0 Å². The molecule has 134 valence electrons. The number of nitrogens with zero attached hydrogens (tertiary/aromatic N) is 1. The van der Waals surface area contributed by atoms with Crippen molar-refractivity contribution < 1.29 is 14.3 Å². The van der Waals surface area contributed by atoms with Crippen LogP contribution >= 0.6 is 15.9 Å². The minimum atomic E-state index is -0.441. The van der Waals surface area contributed by atoms with Gasteiger partial charge in [0.25, 0.3) is 0 Å². The lowest BCUT2D eigenvalue weighted by Crippen LogP contribution is -2.42. The summed E-state index contributed by atoms with van der Waals surface area (Å²) in [7, 11) is 1.75. The highest BCUT2D eigenvalue weighted by Crippen LogP contribution is 2.34. The highest BCUT2D eigenvalue weighted by molar-refractivity contribution is 9.10. The summed E-state index contributed by atoms with van der Waals surface area (Å²) in [5.41, 5.74) is 0.861. The molecule has 0 aliphatic carbocycles. The van der Waals surface area contributed by atoms with Crippen LogP contribution in [-0.4, -0.2) is 43.4 Å². The van der Waals surface area contributed by atoms with Crippen molar-refractivity contribution in [2.45, 2.75) is 45.1 Å². The van der Waals surface area contributed by atoms with Gasteiger partial charge in [-0.3, -0.25) is 0 Å². The summed E-state index contributed by atoms with van der Waals surface area (Å²) in [6.07, 6.45) is 1.75. The fourth-order valence-corrected chi connectivity index (χ4v) is 3.47. The summed E-state index contributed by atoms with van der Waals surface area (Å²) in [5.74, 6) is 0.883. The number of ether oxygens (including phenoxy) is 2. The van der Waals surface area contributed by atoms with Crippen LogP contribution in [0.15, 0.2) is 28.7 Å². The molecular formula is C19H28BrNO3. The molecule has 1 amide bonds. The Kier molecular flexibility index (Phi) is 6.70. The molecule has 5 heteroatoms. The van der Waals surface area contributed by atoms with E-state index in [1.807, 2.05) is 25.7 Å². The molecule has 0 spiro atoms. The highest BCUT2D eigenvalue weighted by atomic mass is 79.9. The Morgan fingerprint density at radius 3 is 2.33 bits per heavy atom. The minimum absolute atomic E-state index is 0.201. The number of amides is 1. The van der Waals surface area contributed by atoms with Gasteiger partial charge in [0.05, 0.1) is 6.61 Å². The zero-order chi connectivity index (χ0) is 17.7. The van der Waals surface area contributed by atoms with Crippen LogP contribution in [0, 0.1) is 5.92 Å². The average molecular weight is 398 g/mol. The third-order valence-electron chi connectivity index (χ3n) is 4.40. The van der Waals surface area contributed by atoms with Crippen LogP contribution in [0.4, 0.5) is 4.79 Å². The summed E-state index contributed by atoms with van der Waals surface area (Å²) in [6.45, 7) is 7.91. The fourth-order valence-electron chi connectivity index (χ4n) is 3.20. The number of rotatable bonds is 4. The second-order valence-electron chi connectivity index (χ2n) is 7.42. The Bertz CT molecular complexity index is 531. The number of methoxy groups -OCH3 is 1. The number of carbonyl (C=O) groups excluding carboxylic acids is 1. The van der Waals surface area contributed by atoms with E-state index < -0.39 is 5.60 Å². The molecule has 1 aliphatic rings. The number of likely N-dealkylation sites (tertiary alicyclic amines) is 1.